The van der Waals surface area contributed by atoms with Crippen LogP contribution in [0.2, 0.25) is 0 Å². The molecule has 0 aliphatic heterocycles. The number of hydrogen-bond acceptors (Lipinski definition) is 1. The van der Waals surface area contributed by atoms with Gasteiger partial charge in [0.1, 0.15) is 0 Å². The van der Waals surface area contributed by atoms with Crippen LogP contribution in [0.15, 0.2) is 24.3 Å². The van der Waals surface area contributed by atoms with Gasteiger partial charge in [-0.05, 0) is 55.2 Å². The van der Waals surface area contributed by atoms with Gasteiger partial charge in [-0.1, -0.05) is 24.3 Å². The molecule has 94 valence electrons. The second-order valence-electron chi connectivity index (χ2n) is 5.02. The minimum atomic E-state index is 0.256. The Balaban J connectivity index is 2.22. The average molecular weight is 269 g/mol. The first-order valence-electron chi connectivity index (χ1n) is 6.46. The van der Waals surface area contributed by atoms with Crippen molar-refractivity contribution in [1.29, 1.82) is 0 Å². The molecule has 0 heterocycles. The first-order valence-corrected chi connectivity index (χ1v) is 8.38. The topological polar surface area (TPSA) is 0 Å². The Morgan fingerprint density at radius 3 is 2.94 bits per heavy atom. The van der Waals surface area contributed by atoms with E-state index >= 15 is 0 Å². The molecule has 0 fully saturated rings. The molecule has 0 spiro atoms. The molecule has 0 saturated carbocycles. The molecule has 1 aliphatic rings. The van der Waals surface area contributed by atoms with Crippen molar-refractivity contribution in [3.05, 3.63) is 35.4 Å². The maximum atomic E-state index is 6.34. The lowest BCUT2D eigenvalue weighted by atomic mass is 9.69. The Kier molecular flexibility index (Phi) is 4.81. The second-order valence-corrected chi connectivity index (χ2v) is 6.27. The van der Waals surface area contributed by atoms with Gasteiger partial charge in [-0.15, -0.1) is 11.6 Å². The van der Waals surface area contributed by atoms with E-state index < -0.39 is 0 Å². The van der Waals surface area contributed by atoms with E-state index in [9.17, 15) is 0 Å². The third kappa shape index (κ3) is 2.82. The molecule has 0 aromatic heterocycles. The summed E-state index contributed by atoms with van der Waals surface area (Å²) in [4.78, 5) is 0. The van der Waals surface area contributed by atoms with Gasteiger partial charge in [0.05, 0.1) is 0 Å². The van der Waals surface area contributed by atoms with Gasteiger partial charge in [-0.3, -0.25) is 0 Å². The summed E-state index contributed by atoms with van der Waals surface area (Å²) in [5.74, 6) is 2.03. The summed E-state index contributed by atoms with van der Waals surface area (Å²) in [6.45, 7) is 0. The van der Waals surface area contributed by atoms with Gasteiger partial charge in [0.15, 0.2) is 0 Å². The highest BCUT2D eigenvalue weighted by Gasteiger charge is 2.34. The third-order valence-electron chi connectivity index (χ3n) is 3.95. The van der Waals surface area contributed by atoms with Crippen LogP contribution in [0.25, 0.3) is 0 Å². The molecule has 1 aromatic carbocycles. The van der Waals surface area contributed by atoms with Gasteiger partial charge in [0.25, 0.3) is 0 Å². The fraction of sp³-hybridized carbons (Fsp3) is 0.600. The Hall–Kier alpha value is -0.140. The molecule has 0 radical (unpaired) electrons. The summed E-state index contributed by atoms with van der Waals surface area (Å²) in [6.07, 6.45) is 8.50. The quantitative estimate of drug-likeness (QED) is 0.554. The highest BCUT2D eigenvalue weighted by molar-refractivity contribution is 7.98. The average Bonchev–Trinajstić information content (AvgIpc) is 2.39. The molecule has 1 aliphatic carbocycles. The van der Waals surface area contributed by atoms with Crippen LogP contribution in [-0.4, -0.2) is 17.9 Å². The molecule has 0 amide bonds. The van der Waals surface area contributed by atoms with Crippen LogP contribution in [0, 0.1) is 0 Å². The van der Waals surface area contributed by atoms with E-state index in [1.165, 1.54) is 49.0 Å². The van der Waals surface area contributed by atoms with Crippen LogP contribution in [0.4, 0.5) is 0 Å². The maximum Gasteiger partial charge on any atom is 0.0320 e. The first-order chi connectivity index (χ1) is 8.32. The van der Waals surface area contributed by atoms with Crippen LogP contribution in [0.1, 0.15) is 36.8 Å². The van der Waals surface area contributed by atoms with Crippen molar-refractivity contribution in [2.24, 2.45) is 0 Å². The van der Waals surface area contributed by atoms with E-state index in [0.717, 1.165) is 5.88 Å². The highest BCUT2D eigenvalue weighted by atomic mass is 35.5. The lowest BCUT2D eigenvalue weighted by Crippen LogP contribution is -2.33. The lowest BCUT2D eigenvalue weighted by Gasteiger charge is -2.38. The van der Waals surface area contributed by atoms with Crippen LogP contribution < -0.4 is 0 Å². The Bertz CT molecular complexity index is 364. The van der Waals surface area contributed by atoms with Gasteiger partial charge < -0.3 is 0 Å². The van der Waals surface area contributed by atoms with Crippen LogP contribution in [-0.2, 0) is 11.8 Å². The minimum Gasteiger partial charge on any atom is -0.165 e. The fourth-order valence-electron chi connectivity index (χ4n) is 3.03. The van der Waals surface area contributed by atoms with E-state index in [1.807, 2.05) is 11.8 Å². The van der Waals surface area contributed by atoms with Crippen LogP contribution in [0.3, 0.4) is 0 Å². The molecule has 0 saturated heterocycles. The van der Waals surface area contributed by atoms with Crippen molar-refractivity contribution < 1.29 is 0 Å². The predicted octanol–water partition coefficient (Wildman–Crippen LogP) is 4.64. The van der Waals surface area contributed by atoms with Gasteiger partial charge in [-0.25, -0.2) is 0 Å². The monoisotopic (exact) mass is 268 g/mol. The molecule has 1 atom stereocenters. The van der Waals surface area contributed by atoms with Crippen molar-refractivity contribution >= 4 is 23.4 Å². The standard InChI is InChI=1S/C15H21ClS/c1-17-11-5-10-15(12-16)9-4-7-13-6-2-3-8-14(13)15/h2-3,6,8H,4-5,7,9-12H2,1H3. The van der Waals surface area contributed by atoms with Gasteiger partial charge in [0, 0.05) is 11.3 Å². The zero-order valence-electron chi connectivity index (χ0n) is 10.5. The number of fused-ring (bicyclic) bond motifs is 1. The summed E-state index contributed by atoms with van der Waals surface area (Å²) >= 11 is 8.27. The maximum absolute atomic E-state index is 6.34. The van der Waals surface area contributed by atoms with E-state index in [-0.39, 0.29) is 5.41 Å². The molecular formula is C15H21ClS. The van der Waals surface area contributed by atoms with Gasteiger partial charge in [-0.2, -0.15) is 11.8 Å². The molecule has 17 heavy (non-hydrogen) atoms. The molecule has 1 unspecified atom stereocenters. The van der Waals surface area contributed by atoms with Crippen molar-refractivity contribution in [3.63, 3.8) is 0 Å². The zero-order chi connectivity index (χ0) is 12.1. The molecule has 2 heteroatoms. The number of rotatable bonds is 5. The van der Waals surface area contributed by atoms with E-state index in [2.05, 4.69) is 30.5 Å². The number of halogens is 1. The summed E-state index contributed by atoms with van der Waals surface area (Å²) in [6, 6.07) is 8.91. The lowest BCUT2D eigenvalue weighted by molar-refractivity contribution is 0.369. The molecule has 2 rings (SSSR count). The normalized spacial score (nSPS) is 23.4. The summed E-state index contributed by atoms with van der Waals surface area (Å²) in [5.41, 5.74) is 3.32. The summed E-state index contributed by atoms with van der Waals surface area (Å²) in [7, 11) is 0. The van der Waals surface area contributed by atoms with Crippen LogP contribution in [0.5, 0.6) is 0 Å². The Morgan fingerprint density at radius 2 is 2.18 bits per heavy atom. The van der Waals surface area contributed by atoms with Gasteiger partial charge in [0.2, 0.25) is 0 Å². The van der Waals surface area contributed by atoms with Gasteiger partial charge >= 0.3 is 0 Å². The number of alkyl halides is 1. The predicted molar refractivity (Wildman–Crippen MR) is 79.4 cm³/mol. The van der Waals surface area contributed by atoms with E-state index in [1.54, 1.807) is 0 Å². The second kappa shape index (κ2) is 6.15. The molecule has 0 nitrogen and oxygen atoms in total. The number of hydrogen-bond donors (Lipinski definition) is 0. The van der Waals surface area contributed by atoms with E-state index in [4.69, 9.17) is 11.6 Å². The SMILES string of the molecule is CSCCCC1(CCl)CCCc2ccccc21. The van der Waals surface area contributed by atoms with Crippen molar-refractivity contribution in [1.82, 2.24) is 0 Å². The molecule has 0 N–H and O–H groups in total. The van der Waals surface area contributed by atoms with Crippen molar-refractivity contribution in [2.75, 3.05) is 17.9 Å². The zero-order valence-corrected chi connectivity index (χ0v) is 12.1. The highest BCUT2D eigenvalue weighted by Crippen LogP contribution is 2.41. The Morgan fingerprint density at radius 1 is 1.35 bits per heavy atom. The number of thioether (sulfide) groups is 1. The number of benzene rings is 1. The summed E-state index contributed by atoms with van der Waals surface area (Å²) < 4.78 is 0. The Labute approximate surface area is 114 Å². The molecular weight excluding hydrogens is 248 g/mol. The first kappa shape index (κ1) is 13.3. The van der Waals surface area contributed by atoms with Crippen molar-refractivity contribution in [3.8, 4) is 0 Å². The fourth-order valence-corrected chi connectivity index (χ4v) is 3.87. The van der Waals surface area contributed by atoms with E-state index in [0.29, 0.717) is 0 Å². The van der Waals surface area contributed by atoms with Crippen molar-refractivity contribution in [2.45, 2.75) is 37.5 Å². The van der Waals surface area contributed by atoms with Crippen LogP contribution >= 0.6 is 23.4 Å². The minimum absolute atomic E-state index is 0.256. The molecule has 0 bridgehead atoms. The third-order valence-corrected chi connectivity index (χ3v) is 5.16. The molecule has 1 aromatic rings. The largest absolute Gasteiger partial charge is 0.165 e. The number of aryl methyl sites for hydroxylation is 1. The smallest absolute Gasteiger partial charge is 0.0320 e. The summed E-state index contributed by atoms with van der Waals surface area (Å²) in [5, 5.41) is 0.